The van der Waals surface area contributed by atoms with Crippen molar-refractivity contribution in [2.45, 2.75) is 146 Å². The summed E-state index contributed by atoms with van der Waals surface area (Å²) in [7, 11) is 0. The molecule has 4 aliphatic rings. The Kier molecular flexibility index (Phi) is 12.6. The number of hydrogen-bond acceptors (Lipinski definition) is 2. The third-order valence-corrected chi connectivity index (χ3v) is 11.1. The predicted octanol–water partition coefficient (Wildman–Crippen LogP) is 9.75. The van der Waals surface area contributed by atoms with E-state index in [9.17, 15) is 9.59 Å². The molecule has 1 aliphatic heterocycles. The van der Waals surface area contributed by atoms with Crippen LogP contribution < -0.4 is 5.32 Å². The van der Waals surface area contributed by atoms with Gasteiger partial charge in [-0.25, -0.2) is 0 Å². The van der Waals surface area contributed by atoms with E-state index in [1.54, 1.807) is 6.92 Å². The SMILES string of the molecule is CC.CCC(C)=O.CCCC1C=C2NC(=O)CC[C@]2(C)C2CC[C@]3(C)C(C(C)CCCC(C)C)CCC3C12. The monoisotopic (exact) mass is 529 g/mol. The molecular weight excluding hydrogens is 466 g/mol. The zero-order valence-corrected chi connectivity index (χ0v) is 26.9. The molecule has 0 spiro atoms. The van der Waals surface area contributed by atoms with Crippen LogP contribution in [0.2, 0.25) is 0 Å². The van der Waals surface area contributed by atoms with Gasteiger partial charge in [-0.05, 0) is 92.3 Å². The summed E-state index contributed by atoms with van der Waals surface area (Å²) in [5.74, 6) is 6.26. The highest BCUT2D eigenvalue weighted by Gasteiger charge is 2.61. The molecule has 0 aromatic carbocycles. The van der Waals surface area contributed by atoms with Crippen LogP contribution in [0.15, 0.2) is 11.8 Å². The van der Waals surface area contributed by atoms with Crippen molar-refractivity contribution in [3.63, 3.8) is 0 Å². The van der Waals surface area contributed by atoms with Gasteiger partial charge in [0.15, 0.2) is 0 Å². The lowest BCUT2D eigenvalue weighted by atomic mass is 9.46. The first kappa shape index (κ1) is 33.1. The standard InChI is InChI=1S/C29H49NO.C4H8O.C2H6/c1-7-9-21-18-25-29(6,17-15-26(31)30-25)24-14-16-28(5)22(12-13-23(28)27(21)24)20(4)11-8-10-19(2)3;1-3-4(2)5;1-2/h18-24,27H,7-17H2,1-6H3,(H,30,31);3H2,1-2H3;1-2H3/t20?,21?,22?,23?,24?,27?,28-,29-;;/m1../s1. The van der Waals surface area contributed by atoms with Crippen molar-refractivity contribution in [3.05, 3.63) is 11.8 Å². The van der Waals surface area contributed by atoms with E-state index in [4.69, 9.17) is 0 Å². The van der Waals surface area contributed by atoms with Crippen molar-refractivity contribution < 1.29 is 9.59 Å². The quantitative estimate of drug-likeness (QED) is 0.340. The minimum absolute atomic E-state index is 0.200. The molecule has 8 atom stereocenters. The van der Waals surface area contributed by atoms with Crippen LogP contribution in [0.1, 0.15) is 146 Å². The fourth-order valence-electron chi connectivity index (χ4n) is 8.97. The van der Waals surface area contributed by atoms with Gasteiger partial charge >= 0.3 is 0 Å². The number of allylic oxidation sites excluding steroid dienone is 2. The minimum Gasteiger partial charge on any atom is -0.330 e. The Balaban J connectivity index is 0.000000651. The van der Waals surface area contributed by atoms with Crippen molar-refractivity contribution >= 4 is 11.7 Å². The molecule has 6 unspecified atom stereocenters. The largest absolute Gasteiger partial charge is 0.330 e. The summed E-state index contributed by atoms with van der Waals surface area (Å²) < 4.78 is 0. The predicted molar refractivity (Wildman–Crippen MR) is 163 cm³/mol. The molecule has 3 aliphatic carbocycles. The minimum atomic E-state index is 0.200. The number of carbonyl (C=O) groups excluding carboxylic acids is 2. The Labute approximate surface area is 236 Å². The molecule has 2 saturated carbocycles. The van der Waals surface area contributed by atoms with Gasteiger partial charge in [0.1, 0.15) is 5.78 Å². The smallest absolute Gasteiger partial charge is 0.224 e. The van der Waals surface area contributed by atoms with Crippen LogP contribution in [0.4, 0.5) is 0 Å². The van der Waals surface area contributed by atoms with Crippen LogP contribution in [-0.4, -0.2) is 11.7 Å². The van der Waals surface area contributed by atoms with Gasteiger partial charge in [0, 0.05) is 24.0 Å². The summed E-state index contributed by atoms with van der Waals surface area (Å²) in [6.07, 6.45) is 17.4. The molecule has 38 heavy (non-hydrogen) atoms. The molecule has 4 rings (SSSR count). The maximum atomic E-state index is 12.2. The number of nitrogens with one attached hydrogen (secondary N) is 1. The second kappa shape index (κ2) is 14.5. The number of carbonyl (C=O) groups is 2. The number of piperidine rings is 1. The van der Waals surface area contributed by atoms with E-state index in [1.165, 1.54) is 63.5 Å². The molecule has 1 amide bonds. The Bertz CT molecular complexity index is 800. The van der Waals surface area contributed by atoms with Crippen molar-refractivity contribution in [1.82, 2.24) is 5.32 Å². The first-order valence-electron chi connectivity index (χ1n) is 16.5. The lowest BCUT2D eigenvalue weighted by Crippen LogP contribution is -2.55. The fourth-order valence-corrected chi connectivity index (χ4v) is 8.97. The zero-order valence-electron chi connectivity index (χ0n) is 26.9. The van der Waals surface area contributed by atoms with E-state index < -0.39 is 0 Å². The molecular formula is C35H63NO2. The topological polar surface area (TPSA) is 46.2 Å². The van der Waals surface area contributed by atoms with Crippen molar-refractivity contribution in [1.29, 1.82) is 0 Å². The molecule has 1 N–H and O–H groups in total. The number of amides is 1. The average molecular weight is 530 g/mol. The highest BCUT2D eigenvalue weighted by molar-refractivity contribution is 5.79. The highest BCUT2D eigenvalue weighted by Crippen LogP contribution is 2.67. The van der Waals surface area contributed by atoms with E-state index in [1.807, 2.05) is 20.8 Å². The van der Waals surface area contributed by atoms with Crippen molar-refractivity contribution in [2.75, 3.05) is 0 Å². The van der Waals surface area contributed by atoms with Gasteiger partial charge in [0.25, 0.3) is 0 Å². The van der Waals surface area contributed by atoms with Crippen LogP contribution in [-0.2, 0) is 9.59 Å². The number of Topliss-reactive ketones (excluding diaryl/α,β-unsaturated/α-hetero) is 1. The number of rotatable bonds is 8. The average Bonchev–Trinajstić information content (AvgIpc) is 3.23. The number of fused-ring (bicyclic) bond motifs is 5. The highest BCUT2D eigenvalue weighted by atomic mass is 16.1. The van der Waals surface area contributed by atoms with E-state index in [0.29, 0.717) is 24.2 Å². The summed E-state index contributed by atoms with van der Waals surface area (Å²) in [5, 5.41) is 3.33. The summed E-state index contributed by atoms with van der Waals surface area (Å²) in [5.41, 5.74) is 2.03. The summed E-state index contributed by atoms with van der Waals surface area (Å²) >= 11 is 0. The van der Waals surface area contributed by atoms with Crippen LogP contribution >= 0.6 is 0 Å². The number of hydrogen-bond donors (Lipinski definition) is 1. The van der Waals surface area contributed by atoms with E-state index in [2.05, 4.69) is 52.9 Å². The van der Waals surface area contributed by atoms with Gasteiger partial charge in [0.05, 0.1) is 0 Å². The normalized spacial score (nSPS) is 36.2. The molecule has 0 bridgehead atoms. The van der Waals surface area contributed by atoms with Crippen molar-refractivity contribution in [2.24, 2.45) is 52.3 Å². The molecule has 3 heteroatoms. The van der Waals surface area contributed by atoms with Crippen LogP contribution in [0, 0.1) is 52.3 Å². The van der Waals surface area contributed by atoms with Gasteiger partial charge in [-0.3, -0.25) is 4.79 Å². The molecule has 0 aromatic heterocycles. The molecule has 3 fully saturated rings. The van der Waals surface area contributed by atoms with Gasteiger partial charge in [-0.15, -0.1) is 0 Å². The van der Waals surface area contributed by atoms with Crippen LogP contribution in [0.25, 0.3) is 0 Å². The lowest BCUT2D eigenvalue weighted by Gasteiger charge is -2.60. The van der Waals surface area contributed by atoms with Crippen LogP contribution in [0.3, 0.4) is 0 Å². The fraction of sp³-hybridized carbons (Fsp3) is 0.886. The second-order valence-electron chi connectivity index (χ2n) is 13.9. The van der Waals surface area contributed by atoms with Crippen molar-refractivity contribution in [3.8, 4) is 0 Å². The maximum Gasteiger partial charge on any atom is 0.224 e. The zero-order chi connectivity index (χ0) is 28.7. The van der Waals surface area contributed by atoms with Gasteiger partial charge < -0.3 is 10.1 Å². The van der Waals surface area contributed by atoms with Gasteiger partial charge in [-0.1, -0.05) is 94.1 Å². The summed E-state index contributed by atoms with van der Waals surface area (Å²) in [4.78, 5) is 22.0. The van der Waals surface area contributed by atoms with E-state index >= 15 is 0 Å². The summed E-state index contributed by atoms with van der Waals surface area (Å²) in [6, 6.07) is 0. The molecule has 220 valence electrons. The first-order chi connectivity index (χ1) is 18.0. The van der Waals surface area contributed by atoms with Gasteiger partial charge in [0.2, 0.25) is 5.91 Å². The Morgan fingerprint density at radius 1 is 1.03 bits per heavy atom. The molecule has 1 saturated heterocycles. The second-order valence-corrected chi connectivity index (χ2v) is 13.9. The van der Waals surface area contributed by atoms with Gasteiger partial charge in [-0.2, -0.15) is 0 Å². The molecule has 0 radical (unpaired) electrons. The molecule has 1 heterocycles. The Hall–Kier alpha value is -1.12. The van der Waals surface area contributed by atoms with E-state index in [0.717, 1.165) is 41.9 Å². The molecule has 3 nitrogen and oxygen atoms in total. The Morgan fingerprint density at radius 3 is 2.26 bits per heavy atom. The summed E-state index contributed by atoms with van der Waals surface area (Å²) in [6.45, 7) is 22.3. The third-order valence-electron chi connectivity index (χ3n) is 11.1. The molecule has 0 aromatic rings. The number of ketones is 1. The lowest BCUT2D eigenvalue weighted by molar-refractivity contribution is -0.126. The van der Waals surface area contributed by atoms with E-state index in [-0.39, 0.29) is 17.1 Å². The Morgan fingerprint density at radius 2 is 1.68 bits per heavy atom. The third kappa shape index (κ3) is 7.14. The van der Waals surface area contributed by atoms with Crippen LogP contribution in [0.5, 0.6) is 0 Å². The first-order valence-corrected chi connectivity index (χ1v) is 16.5. The maximum absolute atomic E-state index is 12.2.